The van der Waals surface area contributed by atoms with Crippen LogP contribution in [0.1, 0.15) is 62.8 Å². The zero-order chi connectivity index (χ0) is 24.9. The lowest BCUT2D eigenvalue weighted by Gasteiger charge is -2.39. The van der Waals surface area contributed by atoms with E-state index in [-0.39, 0.29) is 29.7 Å². The van der Waals surface area contributed by atoms with Gasteiger partial charge < -0.3 is 19.7 Å². The van der Waals surface area contributed by atoms with Gasteiger partial charge in [0.1, 0.15) is 11.6 Å². The molecule has 0 bridgehead atoms. The summed E-state index contributed by atoms with van der Waals surface area (Å²) in [6.45, 7) is 7.45. The molecule has 0 radical (unpaired) electrons. The zero-order valence-electron chi connectivity index (χ0n) is 20.8. The molecule has 7 heteroatoms. The summed E-state index contributed by atoms with van der Waals surface area (Å²) in [6, 6.07) is 11.8. The number of carbonyl (C=O) groups excluding carboxylic acids is 2. The lowest BCUT2D eigenvalue weighted by atomic mass is 9.87. The standard InChI is InChI=1S/C28H35FN2O4/c1-4-25(27(32)30-17-23-9-6-14-34-23)35-22-11-10-19-12-13-31(28(33)18(2)3)26(24(19)16-22)20-7-5-8-21(29)15-20/h5,7-8,10-11,15-16,18,23,25-26H,4,6,9,12-14,17H2,1-3H3,(H,30,32)/t23-,25+,26-/m1/s1. The van der Waals surface area contributed by atoms with Crippen LogP contribution in [0, 0.1) is 11.7 Å². The fourth-order valence-electron chi connectivity index (χ4n) is 4.89. The summed E-state index contributed by atoms with van der Waals surface area (Å²) in [7, 11) is 0. The van der Waals surface area contributed by atoms with Gasteiger partial charge in [-0.05, 0) is 66.6 Å². The van der Waals surface area contributed by atoms with Crippen LogP contribution >= 0.6 is 0 Å². The second-order valence-corrected chi connectivity index (χ2v) is 9.65. The van der Waals surface area contributed by atoms with Gasteiger partial charge in [0.2, 0.25) is 5.91 Å². The Morgan fingerprint density at radius 2 is 2.06 bits per heavy atom. The third-order valence-corrected chi connectivity index (χ3v) is 6.76. The number of hydrogen-bond acceptors (Lipinski definition) is 4. The van der Waals surface area contributed by atoms with Crippen molar-refractivity contribution in [3.05, 3.63) is 65.0 Å². The van der Waals surface area contributed by atoms with Crippen LogP contribution < -0.4 is 10.1 Å². The van der Waals surface area contributed by atoms with E-state index in [1.807, 2.05) is 49.9 Å². The summed E-state index contributed by atoms with van der Waals surface area (Å²) < 4.78 is 25.9. The molecule has 2 aliphatic heterocycles. The molecule has 1 N–H and O–H groups in total. The van der Waals surface area contributed by atoms with Crippen LogP contribution in [0.15, 0.2) is 42.5 Å². The highest BCUT2D eigenvalue weighted by Gasteiger charge is 2.34. The Hall–Kier alpha value is -2.93. The van der Waals surface area contributed by atoms with Crippen LogP contribution in [-0.4, -0.2) is 48.6 Å². The lowest BCUT2D eigenvalue weighted by molar-refractivity contribution is -0.136. The van der Waals surface area contributed by atoms with E-state index in [4.69, 9.17) is 9.47 Å². The molecule has 2 aromatic rings. The minimum atomic E-state index is -0.640. The van der Waals surface area contributed by atoms with Crippen molar-refractivity contribution in [3.8, 4) is 5.75 Å². The van der Waals surface area contributed by atoms with Crippen molar-refractivity contribution in [2.45, 2.75) is 64.7 Å². The molecule has 4 rings (SSSR count). The van der Waals surface area contributed by atoms with Crippen LogP contribution in [0.5, 0.6) is 5.75 Å². The Bertz CT molecular complexity index is 1050. The number of carbonyl (C=O) groups is 2. The average molecular weight is 483 g/mol. The van der Waals surface area contributed by atoms with E-state index in [1.54, 1.807) is 6.07 Å². The number of rotatable bonds is 8. The summed E-state index contributed by atoms with van der Waals surface area (Å²) in [5.74, 6) is -0.102. The van der Waals surface area contributed by atoms with Gasteiger partial charge in [0.05, 0.1) is 12.1 Å². The number of halogens is 1. The van der Waals surface area contributed by atoms with Crippen molar-refractivity contribution in [1.29, 1.82) is 0 Å². The van der Waals surface area contributed by atoms with Gasteiger partial charge in [0.25, 0.3) is 5.91 Å². The van der Waals surface area contributed by atoms with Crippen molar-refractivity contribution in [2.75, 3.05) is 19.7 Å². The van der Waals surface area contributed by atoms with E-state index in [1.165, 1.54) is 12.1 Å². The summed E-state index contributed by atoms with van der Waals surface area (Å²) in [5.41, 5.74) is 2.72. The molecule has 0 aromatic heterocycles. The quantitative estimate of drug-likeness (QED) is 0.605. The van der Waals surface area contributed by atoms with Gasteiger partial charge in [-0.15, -0.1) is 0 Å². The molecule has 1 fully saturated rings. The van der Waals surface area contributed by atoms with Gasteiger partial charge in [0, 0.05) is 25.6 Å². The van der Waals surface area contributed by atoms with Gasteiger partial charge in [-0.1, -0.05) is 39.0 Å². The number of fused-ring (bicyclic) bond motifs is 1. The van der Waals surface area contributed by atoms with E-state index < -0.39 is 12.1 Å². The molecule has 35 heavy (non-hydrogen) atoms. The van der Waals surface area contributed by atoms with Gasteiger partial charge in [-0.2, -0.15) is 0 Å². The molecule has 188 valence electrons. The molecule has 2 aromatic carbocycles. The van der Waals surface area contributed by atoms with Crippen molar-refractivity contribution in [1.82, 2.24) is 10.2 Å². The molecular weight excluding hydrogens is 447 g/mol. The van der Waals surface area contributed by atoms with E-state index >= 15 is 0 Å². The second kappa shape index (κ2) is 11.2. The monoisotopic (exact) mass is 482 g/mol. The predicted octanol–water partition coefficient (Wildman–Crippen LogP) is 4.41. The highest BCUT2D eigenvalue weighted by atomic mass is 19.1. The molecule has 3 atom stereocenters. The normalized spacial score (nSPS) is 20.4. The third kappa shape index (κ3) is 5.84. The molecule has 0 spiro atoms. The van der Waals surface area contributed by atoms with Gasteiger partial charge >= 0.3 is 0 Å². The molecule has 0 saturated carbocycles. The largest absolute Gasteiger partial charge is 0.481 e. The third-order valence-electron chi connectivity index (χ3n) is 6.76. The molecular formula is C28H35FN2O4. The SMILES string of the molecule is CC[C@H](Oc1ccc2c(c1)[C@@H](c1cccc(F)c1)N(C(=O)C(C)C)CC2)C(=O)NC[C@H]1CCCO1. The number of ether oxygens (including phenoxy) is 2. The van der Waals surface area contributed by atoms with Crippen LogP contribution in [0.25, 0.3) is 0 Å². The van der Waals surface area contributed by atoms with Gasteiger partial charge in [0.15, 0.2) is 6.10 Å². The molecule has 2 amide bonds. The predicted molar refractivity (Wildman–Crippen MR) is 132 cm³/mol. The van der Waals surface area contributed by atoms with E-state index in [2.05, 4.69) is 5.32 Å². The highest BCUT2D eigenvalue weighted by molar-refractivity contribution is 5.81. The van der Waals surface area contributed by atoms with E-state index in [0.717, 1.165) is 36.1 Å². The number of hydrogen-bond donors (Lipinski definition) is 1. The first kappa shape index (κ1) is 25.2. The zero-order valence-corrected chi connectivity index (χ0v) is 20.8. The van der Waals surface area contributed by atoms with Gasteiger partial charge in [-0.25, -0.2) is 4.39 Å². The number of nitrogens with zero attached hydrogens (tertiary/aromatic N) is 1. The molecule has 6 nitrogen and oxygen atoms in total. The first-order valence-electron chi connectivity index (χ1n) is 12.6. The van der Waals surface area contributed by atoms with Gasteiger partial charge in [-0.3, -0.25) is 9.59 Å². The fourth-order valence-corrected chi connectivity index (χ4v) is 4.89. The van der Waals surface area contributed by atoms with Crippen molar-refractivity contribution in [2.24, 2.45) is 5.92 Å². The maximum absolute atomic E-state index is 14.2. The maximum atomic E-state index is 14.2. The Kier molecular flexibility index (Phi) is 8.06. The van der Waals surface area contributed by atoms with Crippen LogP contribution in [0.3, 0.4) is 0 Å². The topological polar surface area (TPSA) is 67.9 Å². The molecule has 0 unspecified atom stereocenters. The van der Waals surface area contributed by atoms with Crippen molar-refractivity contribution < 1.29 is 23.5 Å². The second-order valence-electron chi connectivity index (χ2n) is 9.65. The van der Waals surface area contributed by atoms with Crippen molar-refractivity contribution in [3.63, 3.8) is 0 Å². The smallest absolute Gasteiger partial charge is 0.261 e. The maximum Gasteiger partial charge on any atom is 0.261 e. The minimum absolute atomic E-state index is 0.0242. The summed E-state index contributed by atoms with van der Waals surface area (Å²) in [6.07, 6.45) is 2.62. The Morgan fingerprint density at radius 3 is 2.74 bits per heavy atom. The minimum Gasteiger partial charge on any atom is -0.481 e. The molecule has 2 aliphatic rings. The molecule has 1 saturated heterocycles. The van der Waals surface area contributed by atoms with Crippen LogP contribution in [0.4, 0.5) is 4.39 Å². The first-order chi connectivity index (χ1) is 16.9. The average Bonchev–Trinajstić information content (AvgIpc) is 3.38. The Balaban J connectivity index is 1.59. The van der Waals surface area contributed by atoms with Crippen molar-refractivity contribution >= 4 is 11.8 Å². The Morgan fingerprint density at radius 1 is 1.23 bits per heavy atom. The van der Waals surface area contributed by atoms with Crippen LogP contribution in [-0.2, 0) is 20.7 Å². The summed E-state index contributed by atoms with van der Waals surface area (Å²) in [5, 5.41) is 2.95. The highest BCUT2D eigenvalue weighted by Crippen LogP contribution is 2.38. The first-order valence-corrected chi connectivity index (χ1v) is 12.6. The fraction of sp³-hybridized carbons (Fsp3) is 0.500. The number of benzene rings is 2. The number of nitrogens with one attached hydrogen (secondary N) is 1. The summed E-state index contributed by atoms with van der Waals surface area (Å²) in [4.78, 5) is 27.7. The van der Waals surface area contributed by atoms with Crippen LogP contribution in [0.2, 0.25) is 0 Å². The lowest BCUT2D eigenvalue weighted by Crippen LogP contribution is -2.43. The van der Waals surface area contributed by atoms with E-state index in [0.29, 0.717) is 31.7 Å². The number of amides is 2. The molecule has 2 heterocycles. The van der Waals surface area contributed by atoms with E-state index in [9.17, 15) is 14.0 Å². The summed E-state index contributed by atoms with van der Waals surface area (Å²) >= 11 is 0. The molecule has 0 aliphatic carbocycles. The Labute approximate surface area is 206 Å².